The molecule has 0 aliphatic rings. The van der Waals surface area contributed by atoms with E-state index >= 15 is 0 Å². The second kappa shape index (κ2) is 4.75. The van der Waals surface area contributed by atoms with E-state index in [2.05, 4.69) is 15.9 Å². The van der Waals surface area contributed by atoms with Crippen molar-refractivity contribution in [2.24, 2.45) is 0 Å². The third kappa shape index (κ3) is 2.58. The largest absolute Gasteiger partial charge is 0.507 e. The molecule has 0 radical (unpaired) electrons. The molecule has 1 aromatic rings. The van der Waals surface area contributed by atoms with E-state index in [1.165, 1.54) is 6.07 Å². The van der Waals surface area contributed by atoms with Crippen LogP contribution >= 0.6 is 15.9 Å². The van der Waals surface area contributed by atoms with Crippen molar-refractivity contribution in [3.63, 3.8) is 0 Å². The number of benzene rings is 1. The summed E-state index contributed by atoms with van der Waals surface area (Å²) in [5.41, 5.74) is -2.97. The molecule has 17 heavy (non-hydrogen) atoms. The number of hydrogen-bond acceptors (Lipinski definition) is 3. The molecule has 0 amide bonds. The number of hydrogen-bond donors (Lipinski definition) is 1. The first-order valence-electron chi connectivity index (χ1n) is 4.25. The molecule has 0 aliphatic carbocycles. The van der Waals surface area contributed by atoms with Crippen LogP contribution in [0.4, 0.5) is 13.2 Å². The van der Waals surface area contributed by atoms with E-state index in [1.54, 1.807) is 0 Å². The van der Waals surface area contributed by atoms with Gasteiger partial charge >= 0.3 is 6.18 Å². The lowest BCUT2D eigenvalue weighted by Gasteiger charge is -2.14. The summed E-state index contributed by atoms with van der Waals surface area (Å²) in [4.78, 5) is 11.4. The molecule has 0 heterocycles. The summed E-state index contributed by atoms with van der Waals surface area (Å²) in [5, 5.41) is 17.5. The number of ketones is 1. The van der Waals surface area contributed by atoms with E-state index in [-0.39, 0.29) is 5.33 Å². The molecular weight excluding hydrogens is 303 g/mol. The summed E-state index contributed by atoms with van der Waals surface area (Å²) in [6.07, 6.45) is -4.88. The zero-order valence-electron chi connectivity index (χ0n) is 8.18. The first-order chi connectivity index (χ1) is 7.82. The zero-order valence-corrected chi connectivity index (χ0v) is 9.76. The van der Waals surface area contributed by atoms with Crippen LogP contribution < -0.4 is 0 Å². The number of rotatable bonds is 2. The van der Waals surface area contributed by atoms with Crippen LogP contribution in [0.2, 0.25) is 0 Å². The van der Waals surface area contributed by atoms with Crippen LogP contribution in [0.5, 0.6) is 5.75 Å². The lowest BCUT2D eigenvalue weighted by atomic mass is 9.97. The predicted molar refractivity (Wildman–Crippen MR) is 55.9 cm³/mol. The molecule has 0 aromatic heterocycles. The van der Waals surface area contributed by atoms with Gasteiger partial charge in [0.15, 0.2) is 5.78 Å². The number of phenolic OH excluding ortho intramolecular Hbond substituents is 1. The van der Waals surface area contributed by atoms with E-state index in [0.717, 1.165) is 12.1 Å². The Hall–Kier alpha value is -1.55. The van der Waals surface area contributed by atoms with Gasteiger partial charge in [0.1, 0.15) is 5.75 Å². The van der Waals surface area contributed by atoms with Gasteiger partial charge in [-0.3, -0.25) is 4.79 Å². The van der Waals surface area contributed by atoms with Crippen LogP contribution in [-0.4, -0.2) is 16.2 Å². The van der Waals surface area contributed by atoms with E-state index in [4.69, 9.17) is 5.26 Å². The number of carbonyl (C=O) groups is 1. The molecule has 1 rings (SSSR count). The maximum Gasteiger partial charge on any atom is 0.418 e. The highest BCUT2D eigenvalue weighted by Crippen LogP contribution is 2.38. The number of halogens is 4. The summed E-state index contributed by atoms with van der Waals surface area (Å²) >= 11 is 2.72. The van der Waals surface area contributed by atoms with Crippen LogP contribution in [0, 0.1) is 11.3 Å². The number of carbonyl (C=O) groups excluding carboxylic acids is 1. The normalized spacial score (nSPS) is 11.0. The fourth-order valence-electron chi connectivity index (χ4n) is 1.33. The Labute approximate surface area is 103 Å². The van der Waals surface area contributed by atoms with Crippen LogP contribution in [-0.2, 0) is 6.18 Å². The average Bonchev–Trinajstić information content (AvgIpc) is 2.26. The van der Waals surface area contributed by atoms with Crippen molar-refractivity contribution in [1.82, 2.24) is 0 Å². The van der Waals surface area contributed by atoms with Crippen molar-refractivity contribution in [3.05, 3.63) is 28.8 Å². The molecule has 7 heteroatoms. The van der Waals surface area contributed by atoms with Crippen molar-refractivity contribution in [2.45, 2.75) is 6.18 Å². The number of nitrogens with zero attached hydrogens (tertiary/aromatic N) is 1. The second-order valence-corrected chi connectivity index (χ2v) is 3.61. The fourth-order valence-corrected chi connectivity index (χ4v) is 1.61. The van der Waals surface area contributed by atoms with Crippen LogP contribution in [0.25, 0.3) is 0 Å². The monoisotopic (exact) mass is 307 g/mol. The van der Waals surface area contributed by atoms with Crippen molar-refractivity contribution >= 4 is 21.7 Å². The molecule has 0 saturated heterocycles. The molecule has 0 spiro atoms. The molecule has 1 aromatic carbocycles. The fraction of sp³-hybridized carbons (Fsp3) is 0.200. The van der Waals surface area contributed by atoms with E-state index < -0.39 is 34.4 Å². The van der Waals surface area contributed by atoms with Gasteiger partial charge in [-0.1, -0.05) is 15.9 Å². The quantitative estimate of drug-likeness (QED) is 0.675. The molecule has 0 aliphatic heterocycles. The highest BCUT2D eigenvalue weighted by Gasteiger charge is 2.39. The Bertz CT molecular complexity index is 505. The predicted octanol–water partition coefficient (Wildman–Crippen LogP) is 2.86. The standard InChI is InChI=1S/C10H5BrF3NO2/c11-3-7(17)8-6(16)2-1-5(4-15)9(8)10(12,13)14/h1-2,16H,3H2. The zero-order chi connectivity index (χ0) is 13.2. The van der Waals surface area contributed by atoms with Gasteiger partial charge in [-0.2, -0.15) is 18.4 Å². The lowest BCUT2D eigenvalue weighted by molar-refractivity contribution is -0.138. The summed E-state index contributed by atoms with van der Waals surface area (Å²) in [5.74, 6) is -1.73. The molecular formula is C10H5BrF3NO2. The first-order valence-corrected chi connectivity index (χ1v) is 5.37. The third-order valence-electron chi connectivity index (χ3n) is 1.99. The van der Waals surface area contributed by atoms with Gasteiger partial charge in [0.05, 0.1) is 28.1 Å². The molecule has 3 nitrogen and oxygen atoms in total. The molecule has 1 N–H and O–H groups in total. The highest BCUT2D eigenvalue weighted by atomic mass is 79.9. The summed E-state index contributed by atoms with van der Waals surface area (Å²) in [7, 11) is 0. The molecule has 0 bridgehead atoms. The van der Waals surface area contributed by atoms with Gasteiger partial charge < -0.3 is 5.11 Å². The van der Waals surface area contributed by atoms with Crippen LogP contribution in [0.15, 0.2) is 12.1 Å². The van der Waals surface area contributed by atoms with Gasteiger partial charge in [-0.15, -0.1) is 0 Å². The second-order valence-electron chi connectivity index (χ2n) is 3.05. The molecule has 0 unspecified atom stereocenters. The van der Waals surface area contributed by atoms with Gasteiger partial charge in [-0.05, 0) is 12.1 Å². The lowest BCUT2D eigenvalue weighted by Crippen LogP contribution is -2.16. The topological polar surface area (TPSA) is 61.1 Å². The SMILES string of the molecule is N#Cc1ccc(O)c(C(=O)CBr)c1C(F)(F)F. The van der Waals surface area contributed by atoms with Crippen molar-refractivity contribution < 1.29 is 23.1 Å². The average molecular weight is 308 g/mol. The van der Waals surface area contributed by atoms with E-state index in [1.807, 2.05) is 0 Å². The van der Waals surface area contributed by atoms with Crippen LogP contribution in [0.1, 0.15) is 21.5 Å². The molecule has 0 fully saturated rings. The Balaban J connectivity index is 3.68. The Kier molecular flexibility index (Phi) is 3.78. The van der Waals surface area contributed by atoms with E-state index in [0.29, 0.717) is 0 Å². The third-order valence-corrected chi connectivity index (χ3v) is 2.50. The Morgan fingerprint density at radius 3 is 2.47 bits per heavy atom. The molecule has 90 valence electrons. The maximum absolute atomic E-state index is 12.7. The minimum absolute atomic E-state index is 0.376. The van der Waals surface area contributed by atoms with Gasteiger partial charge in [0, 0.05) is 0 Å². The van der Waals surface area contributed by atoms with Crippen molar-refractivity contribution in [2.75, 3.05) is 5.33 Å². The number of nitriles is 1. The number of aromatic hydroxyl groups is 1. The summed E-state index contributed by atoms with van der Waals surface area (Å²) in [6, 6.07) is 3.07. The summed E-state index contributed by atoms with van der Waals surface area (Å²) in [6.45, 7) is 0. The minimum atomic E-state index is -4.88. The highest BCUT2D eigenvalue weighted by molar-refractivity contribution is 9.09. The van der Waals surface area contributed by atoms with Gasteiger partial charge in [-0.25, -0.2) is 0 Å². The molecule has 0 atom stereocenters. The minimum Gasteiger partial charge on any atom is -0.507 e. The van der Waals surface area contributed by atoms with Crippen LogP contribution in [0.3, 0.4) is 0 Å². The maximum atomic E-state index is 12.7. The summed E-state index contributed by atoms with van der Waals surface area (Å²) < 4.78 is 38.2. The first kappa shape index (κ1) is 13.5. The van der Waals surface area contributed by atoms with Crippen molar-refractivity contribution in [1.29, 1.82) is 5.26 Å². The van der Waals surface area contributed by atoms with Crippen molar-refractivity contribution in [3.8, 4) is 11.8 Å². The van der Waals surface area contributed by atoms with E-state index in [9.17, 15) is 23.1 Å². The Morgan fingerprint density at radius 2 is 2.06 bits per heavy atom. The Morgan fingerprint density at radius 1 is 1.47 bits per heavy atom. The smallest absolute Gasteiger partial charge is 0.418 e. The van der Waals surface area contributed by atoms with Gasteiger partial charge in [0.2, 0.25) is 0 Å². The number of Topliss-reactive ketones (excluding diaryl/α,β-unsaturated/α-hetero) is 1. The van der Waals surface area contributed by atoms with Gasteiger partial charge in [0.25, 0.3) is 0 Å². The number of phenols is 1. The molecule has 0 saturated carbocycles. The number of alkyl halides is 4.